The predicted molar refractivity (Wildman–Crippen MR) is 228 cm³/mol. The van der Waals surface area contributed by atoms with Crippen molar-refractivity contribution in [3.8, 4) is 5.75 Å². The minimum Gasteiger partial charge on any atom is -0.496 e. The second-order valence-corrected chi connectivity index (χ2v) is 18.8. The summed E-state index contributed by atoms with van der Waals surface area (Å²) in [6, 6.07) is 11.3. The van der Waals surface area contributed by atoms with Crippen molar-refractivity contribution in [3.05, 3.63) is 70.9 Å². The summed E-state index contributed by atoms with van der Waals surface area (Å²) in [6.45, 7) is 12.1. The molecule has 3 aromatic rings. The van der Waals surface area contributed by atoms with Crippen LogP contribution in [0.2, 0.25) is 0 Å². The number of H-pyrrole nitrogens is 1. The number of fused-ring (bicyclic) bond motifs is 6. The Morgan fingerprint density at radius 2 is 1.68 bits per heavy atom. The first-order chi connectivity index (χ1) is 28.8. The number of anilines is 1. The van der Waals surface area contributed by atoms with Crippen molar-refractivity contribution in [2.75, 3.05) is 66.0 Å². The summed E-state index contributed by atoms with van der Waals surface area (Å²) in [4.78, 5) is 53.8. The van der Waals surface area contributed by atoms with Gasteiger partial charge in [0.2, 0.25) is 5.60 Å². The maximum Gasteiger partial charge on any atom is 0.344 e. The van der Waals surface area contributed by atoms with E-state index < -0.39 is 45.9 Å². The van der Waals surface area contributed by atoms with Crippen molar-refractivity contribution >= 4 is 34.5 Å². The number of ether oxygens (including phenoxy) is 4. The van der Waals surface area contributed by atoms with Crippen molar-refractivity contribution in [1.82, 2.24) is 14.8 Å². The van der Waals surface area contributed by atoms with Crippen LogP contribution in [0.4, 0.5) is 5.69 Å². The van der Waals surface area contributed by atoms with Crippen molar-refractivity contribution in [1.29, 1.82) is 0 Å². The lowest BCUT2D eigenvalue weighted by molar-refractivity contribution is -0.228. The molecular formula is C48H62N4O8. The van der Waals surface area contributed by atoms with Gasteiger partial charge in [-0.25, -0.2) is 4.79 Å². The average molecular weight is 823 g/mol. The zero-order valence-corrected chi connectivity index (χ0v) is 36.6. The Morgan fingerprint density at radius 1 is 0.933 bits per heavy atom. The Bertz CT molecular complexity index is 2270. The first-order valence-corrected chi connectivity index (χ1v) is 22.1. The molecule has 9 atom stereocenters. The van der Waals surface area contributed by atoms with Gasteiger partial charge in [0.25, 0.3) is 0 Å². The second kappa shape index (κ2) is 14.3. The van der Waals surface area contributed by atoms with Gasteiger partial charge >= 0.3 is 17.9 Å². The standard InChI is InChI=1S/C48H62N4O8/c1-9-44(10-2)25-30-26-47(42(54)58-7,38-32(17-21-51(27-30)28-44)31-15-12-13-16-35(31)49-38)34-23-33-36(24-37(34)57-6)50(5)40-46(33)19-22-52-20-14-18-45(11-3,39(46)52)41(60-29(4)53)48(40,56)43(55)59-8/h12-16,18,23-24,30,39-41,49,56H,9-11,17,19-22,25-28H2,1-8H3/t30-,39-,40+,41+,45+,46+,47-,48-/m0/s1. The van der Waals surface area contributed by atoms with Crippen LogP contribution in [0.5, 0.6) is 5.75 Å². The highest BCUT2D eigenvalue weighted by molar-refractivity contribution is 5.95. The van der Waals surface area contributed by atoms with Crippen LogP contribution >= 0.6 is 0 Å². The summed E-state index contributed by atoms with van der Waals surface area (Å²) >= 11 is 0. The van der Waals surface area contributed by atoms with Gasteiger partial charge in [-0.05, 0) is 86.1 Å². The Hall–Kier alpha value is -4.39. The van der Waals surface area contributed by atoms with Crippen molar-refractivity contribution in [2.45, 2.75) is 107 Å². The number of hydrogen-bond donors (Lipinski definition) is 2. The van der Waals surface area contributed by atoms with Gasteiger partial charge in [0.1, 0.15) is 11.2 Å². The summed E-state index contributed by atoms with van der Waals surface area (Å²) in [5.74, 6) is -1.11. The number of aliphatic hydroxyl groups is 1. The van der Waals surface area contributed by atoms with E-state index in [-0.39, 0.29) is 23.3 Å². The molecule has 2 aromatic carbocycles. The molecule has 322 valence electrons. The van der Waals surface area contributed by atoms with Gasteiger partial charge in [0.05, 0.1) is 27.4 Å². The van der Waals surface area contributed by atoms with Crippen LogP contribution in [-0.2, 0) is 45.8 Å². The highest BCUT2D eigenvalue weighted by Crippen LogP contribution is 2.68. The third kappa shape index (κ3) is 5.22. The maximum atomic E-state index is 15.5. The molecule has 12 nitrogen and oxygen atoms in total. The van der Waals surface area contributed by atoms with Crippen molar-refractivity contribution in [3.63, 3.8) is 0 Å². The predicted octanol–water partition coefficient (Wildman–Crippen LogP) is 5.66. The lowest BCUT2D eigenvalue weighted by Gasteiger charge is -2.63. The summed E-state index contributed by atoms with van der Waals surface area (Å²) in [5.41, 5.74) is 0.0257. The molecule has 0 radical (unpaired) electrons. The van der Waals surface area contributed by atoms with Gasteiger partial charge in [0, 0.05) is 90.9 Å². The zero-order chi connectivity index (χ0) is 42.6. The fourth-order valence-electron chi connectivity index (χ4n) is 14.1. The van der Waals surface area contributed by atoms with E-state index in [9.17, 15) is 14.7 Å². The number of rotatable bonds is 8. The van der Waals surface area contributed by atoms with E-state index in [1.54, 1.807) is 7.11 Å². The Kier molecular flexibility index (Phi) is 9.80. The van der Waals surface area contributed by atoms with E-state index in [2.05, 4.69) is 65.0 Å². The van der Waals surface area contributed by atoms with E-state index in [1.165, 1.54) is 21.1 Å². The van der Waals surface area contributed by atoms with Crippen LogP contribution in [-0.4, -0.2) is 123 Å². The van der Waals surface area contributed by atoms with Gasteiger partial charge in [0.15, 0.2) is 6.10 Å². The average Bonchev–Trinajstić information content (AvgIpc) is 3.92. The fraction of sp³-hybridized carbons (Fsp3) is 0.604. The summed E-state index contributed by atoms with van der Waals surface area (Å²) in [7, 11) is 6.30. The summed E-state index contributed by atoms with van der Waals surface area (Å²) in [6.07, 6.45) is 8.35. The third-order valence-electron chi connectivity index (χ3n) is 16.5. The fourth-order valence-corrected chi connectivity index (χ4v) is 14.1. The summed E-state index contributed by atoms with van der Waals surface area (Å²) < 4.78 is 24.2. The van der Waals surface area contributed by atoms with Crippen LogP contribution in [0.1, 0.15) is 88.6 Å². The first-order valence-electron chi connectivity index (χ1n) is 22.1. The number of carbonyl (C=O) groups excluding carboxylic acids is 3. The molecule has 2 saturated heterocycles. The van der Waals surface area contributed by atoms with Crippen LogP contribution in [0.3, 0.4) is 0 Å². The molecule has 2 bridgehead atoms. The molecule has 60 heavy (non-hydrogen) atoms. The molecule has 0 amide bonds. The third-order valence-corrected chi connectivity index (χ3v) is 16.5. The van der Waals surface area contributed by atoms with Gasteiger partial charge in [-0.3, -0.25) is 14.5 Å². The normalized spacial score (nSPS) is 35.0. The van der Waals surface area contributed by atoms with Crippen LogP contribution in [0, 0.1) is 16.7 Å². The van der Waals surface area contributed by atoms with Gasteiger partial charge < -0.3 is 38.8 Å². The quantitative estimate of drug-likeness (QED) is 0.166. The first kappa shape index (κ1) is 41.0. The number of aromatic nitrogens is 1. The van der Waals surface area contributed by atoms with Gasteiger partial charge in [-0.15, -0.1) is 0 Å². The highest BCUT2D eigenvalue weighted by atomic mass is 16.6. The van der Waals surface area contributed by atoms with Gasteiger partial charge in [-0.2, -0.15) is 0 Å². The molecule has 1 aromatic heterocycles. The number of aromatic amines is 1. The number of carbonyl (C=O) groups is 3. The molecule has 9 rings (SSSR count). The lowest BCUT2D eigenvalue weighted by atomic mass is 9.47. The van der Waals surface area contributed by atoms with Crippen molar-refractivity contribution < 1.29 is 38.4 Å². The number of nitrogens with one attached hydrogen (secondary N) is 1. The monoisotopic (exact) mass is 822 g/mol. The summed E-state index contributed by atoms with van der Waals surface area (Å²) in [5, 5.41) is 14.5. The molecule has 6 aliphatic rings. The number of likely N-dealkylation sites (N-methyl/N-ethyl adjacent to an activating group) is 1. The van der Waals surface area contributed by atoms with E-state index >= 15 is 4.79 Å². The molecule has 3 fully saturated rings. The van der Waals surface area contributed by atoms with E-state index in [0.717, 1.165) is 78.7 Å². The van der Waals surface area contributed by atoms with E-state index in [0.29, 0.717) is 43.7 Å². The maximum absolute atomic E-state index is 15.5. The van der Waals surface area contributed by atoms with Gasteiger partial charge in [-0.1, -0.05) is 51.1 Å². The van der Waals surface area contributed by atoms with Crippen LogP contribution in [0.25, 0.3) is 10.9 Å². The molecule has 5 aliphatic heterocycles. The smallest absolute Gasteiger partial charge is 0.344 e. The minimum atomic E-state index is -2.27. The molecule has 1 spiro atoms. The molecule has 1 saturated carbocycles. The molecule has 6 heterocycles. The molecule has 1 aliphatic carbocycles. The number of nitrogens with zero attached hydrogens (tertiary/aromatic N) is 3. The lowest BCUT2D eigenvalue weighted by Crippen LogP contribution is -2.81. The minimum absolute atomic E-state index is 0.117. The Morgan fingerprint density at radius 3 is 2.37 bits per heavy atom. The second-order valence-electron chi connectivity index (χ2n) is 18.8. The Balaban J connectivity index is 1.36. The number of hydrogen-bond acceptors (Lipinski definition) is 11. The topological polar surface area (TPSA) is 134 Å². The number of benzene rings is 2. The number of para-hydroxylation sites is 1. The van der Waals surface area contributed by atoms with Crippen LogP contribution in [0.15, 0.2) is 48.6 Å². The largest absolute Gasteiger partial charge is 0.496 e. The van der Waals surface area contributed by atoms with Crippen LogP contribution < -0.4 is 9.64 Å². The Labute approximate surface area is 353 Å². The number of piperidine rings is 1. The molecule has 2 N–H and O–H groups in total. The highest BCUT2D eigenvalue weighted by Gasteiger charge is 2.80. The van der Waals surface area contributed by atoms with E-state index in [1.807, 2.05) is 31.0 Å². The SMILES string of the molecule is CCC1(CC)C[C@@H]2CN(CCc3c([nH]c4ccccc34)[C@@](C(=O)OC)(c3cc4c(cc3OC)N(C)[C@H]3[C@@](O)(C(=O)OC)[C@H](OC(C)=O)[C@]5(CC)C=CCN6CC[C@]43[C@@H]65)C2)C1. The number of esters is 3. The molecular weight excluding hydrogens is 761 g/mol. The van der Waals surface area contributed by atoms with E-state index in [4.69, 9.17) is 18.9 Å². The molecule has 12 heteroatoms. The van der Waals surface area contributed by atoms with Crippen molar-refractivity contribution in [2.24, 2.45) is 16.7 Å². The number of methoxy groups -OCH3 is 3. The molecule has 1 unspecified atom stereocenters. The zero-order valence-electron chi connectivity index (χ0n) is 36.6.